The lowest BCUT2D eigenvalue weighted by Gasteiger charge is -2.09. The third-order valence-corrected chi connectivity index (χ3v) is 4.38. The summed E-state index contributed by atoms with van der Waals surface area (Å²) in [4.78, 5) is 21.8. The highest BCUT2D eigenvalue weighted by Gasteiger charge is 2.12. The van der Waals surface area contributed by atoms with Gasteiger partial charge in [0.2, 0.25) is 10.9 Å². The van der Waals surface area contributed by atoms with Gasteiger partial charge in [0.25, 0.3) is 5.56 Å². The van der Waals surface area contributed by atoms with E-state index in [9.17, 15) is 4.79 Å². The summed E-state index contributed by atoms with van der Waals surface area (Å²) in [6, 6.07) is 1.58. The van der Waals surface area contributed by atoms with Crippen LogP contribution in [0.3, 0.4) is 0 Å². The Morgan fingerprint density at radius 2 is 2.20 bits per heavy atom. The number of hydrogen-bond donors (Lipinski definition) is 0. The van der Waals surface area contributed by atoms with Gasteiger partial charge in [-0.05, 0) is 20.1 Å². The Kier molecular flexibility index (Phi) is 3.35. The van der Waals surface area contributed by atoms with Crippen LogP contribution in [0.1, 0.15) is 15.6 Å². The van der Waals surface area contributed by atoms with Crippen molar-refractivity contribution in [2.24, 2.45) is 0 Å². The molecule has 0 unspecified atom stereocenters. The molecule has 0 amide bonds. The van der Waals surface area contributed by atoms with E-state index in [1.165, 1.54) is 16.3 Å². The van der Waals surface area contributed by atoms with E-state index in [-0.39, 0.29) is 5.56 Å². The number of rotatable bonds is 3. The van der Waals surface area contributed by atoms with Gasteiger partial charge < -0.3 is 4.57 Å². The lowest BCUT2D eigenvalue weighted by molar-refractivity contribution is 0.735. The number of aryl methyl sites for hydroxylation is 2. The van der Waals surface area contributed by atoms with Crippen molar-refractivity contribution >= 4 is 28.9 Å². The van der Waals surface area contributed by atoms with Crippen molar-refractivity contribution in [3.63, 3.8) is 0 Å². The highest BCUT2D eigenvalue weighted by atomic mass is 32.2. The number of hydrogen-bond acceptors (Lipinski definition) is 6. The Labute approximate surface area is 123 Å². The van der Waals surface area contributed by atoms with Crippen molar-refractivity contribution in [1.82, 2.24) is 24.1 Å². The third-order valence-electron chi connectivity index (χ3n) is 2.94. The summed E-state index contributed by atoms with van der Waals surface area (Å²) in [5.74, 6) is 0.574. The van der Waals surface area contributed by atoms with E-state index < -0.39 is 0 Å². The molecule has 0 aliphatic carbocycles. The van der Waals surface area contributed by atoms with Crippen LogP contribution in [-0.2, 0) is 6.54 Å². The summed E-state index contributed by atoms with van der Waals surface area (Å²) in [5, 5.41) is 5.83. The zero-order chi connectivity index (χ0) is 14.3. The molecule has 0 fully saturated rings. The molecule has 0 aromatic carbocycles. The lowest BCUT2D eigenvalue weighted by atomic mass is 10.4. The first-order valence-electron chi connectivity index (χ1n) is 6.01. The molecule has 0 aliphatic heterocycles. The van der Waals surface area contributed by atoms with E-state index in [0.29, 0.717) is 17.5 Å². The zero-order valence-corrected chi connectivity index (χ0v) is 13.0. The first-order chi connectivity index (χ1) is 9.58. The van der Waals surface area contributed by atoms with E-state index in [0.717, 1.165) is 15.6 Å². The molecule has 3 rings (SSSR count). The molecule has 0 N–H and O–H groups in total. The molecule has 3 aromatic heterocycles. The van der Waals surface area contributed by atoms with Crippen LogP contribution in [-0.4, -0.2) is 30.4 Å². The van der Waals surface area contributed by atoms with Crippen LogP contribution in [0.2, 0.25) is 0 Å². The fourth-order valence-electron chi connectivity index (χ4n) is 2.00. The number of aromatic nitrogens is 5. The monoisotopic (exact) mass is 307 g/mol. The molecule has 0 radical (unpaired) electrons. The zero-order valence-electron chi connectivity index (χ0n) is 11.3. The molecular weight excluding hydrogens is 294 g/mol. The van der Waals surface area contributed by atoms with Crippen LogP contribution in [0.4, 0.5) is 0 Å². The largest absolute Gasteiger partial charge is 0.309 e. The molecule has 0 spiro atoms. The van der Waals surface area contributed by atoms with Crippen molar-refractivity contribution in [2.75, 3.05) is 6.26 Å². The Bertz CT molecular complexity index is 832. The minimum absolute atomic E-state index is 0.151. The van der Waals surface area contributed by atoms with Crippen LogP contribution in [0, 0.1) is 13.8 Å². The Morgan fingerprint density at radius 1 is 1.40 bits per heavy atom. The Hall–Kier alpha value is -1.67. The summed E-state index contributed by atoms with van der Waals surface area (Å²) in [6.45, 7) is 4.53. The van der Waals surface area contributed by atoms with Crippen LogP contribution >= 0.6 is 23.1 Å². The van der Waals surface area contributed by atoms with Gasteiger partial charge in [0, 0.05) is 22.8 Å². The van der Waals surface area contributed by atoms with Gasteiger partial charge in [0.1, 0.15) is 0 Å². The maximum atomic E-state index is 12.0. The molecule has 0 atom stereocenters. The van der Waals surface area contributed by atoms with Crippen molar-refractivity contribution in [3.8, 4) is 0 Å². The Morgan fingerprint density at radius 3 is 2.85 bits per heavy atom. The molecule has 3 heterocycles. The van der Waals surface area contributed by atoms with Crippen LogP contribution in [0.5, 0.6) is 0 Å². The fourth-order valence-corrected chi connectivity index (χ4v) is 3.12. The van der Waals surface area contributed by atoms with Crippen LogP contribution in [0.25, 0.3) is 5.78 Å². The van der Waals surface area contributed by atoms with Gasteiger partial charge in [-0.25, -0.2) is 4.98 Å². The standard InChI is InChI=1S/C12H13N5OS2/c1-7-4-10(18)17-12(14-11(15-17)19-3)16(7)6-9-5-13-8(2)20-9/h4-5H,6H2,1-3H3. The number of fused-ring (bicyclic) bond motifs is 1. The highest BCUT2D eigenvalue weighted by molar-refractivity contribution is 7.98. The number of thioether (sulfide) groups is 1. The molecule has 104 valence electrons. The first-order valence-corrected chi connectivity index (χ1v) is 8.05. The van der Waals surface area contributed by atoms with E-state index in [4.69, 9.17) is 0 Å². The second-order valence-corrected chi connectivity index (χ2v) is 6.46. The number of nitrogens with zero attached hydrogens (tertiary/aromatic N) is 5. The normalized spacial score (nSPS) is 11.3. The van der Waals surface area contributed by atoms with Crippen LogP contribution < -0.4 is 5.56 Å². The molecule has 6 nitrogen and oxygen atoms in total. The summed E-state index contributed by atoms with van der Waals surface area (Å²) >= 11 is 3.07. The second kappa shape index (κ2) is 5.02. The maximum absolute atomic E-state index is 12.0. The fraction of sp³-hybridized carbons (Fsp3) is 0.333. The van der Waals surface area contributed by atoms with E-state index in [1.54, 1.807) is 17.4 Å². The third kappa shape index (κ3) is 2.25. The summed E-state index contributed by atoms with van der Waals surface area (Å²) in [6.07, 6.45) is 3.75. The SMILES string of the molecule is CSc1nc2n(Cc3cnc(C)s3)c(C)cc(=O)n2n1. The minimum atomic E-state index is -0.151. The molecule has 0 saturated carbocycles. The first kappa shape index (κ1) is 13.3. The van der Waals surface area contributed by atoms with Crippen molar-refractivity contribution in [3.05, 3.63) is 38.2 Å². The number of thiazole rings is 1. The molecule has 0 aliphatic rings. The predicted molar refractivity (Wildman–Crippen MR) is 79.7 cm³/mol. The van der Waals surface area contributed by atoms with E-state index >= 15 is 0 Å². The second-order valence-electron chi connectivity index (χ2n) is 4.37. The quantitative estimate of drug-likeness (QED) is 0.690. The van der Waals surface area contributed by atoms with Gasteiger partial charge in [-0.2, -0.15) is 9.50 Å². The average Bonchev–Trinajstić information content (AvgIpc) is 3.01. The van der Waals surface area contributed by atoms with E-state index in [1.807, 2.05) is 30.9 Å². The van der Waals surface area contributed by atoms with Gasteiger partial charge in [-0.1, -0.05) is 11.8 Å². The average molecular weight is 307 g/mol. The molecule has 0 bridgehead atoms. The molecular formula is C12H13N5OS2. The van der Waals surface area contributed by atoms with Crippen LogP contribution in [0.15, 0.2) is 22.2 Å². The molecule has 0 saturated heterocycles. The smallest absolute Gasteiger partial charge is 0.275 e. The topological polar surface area (TPSA) is 65.1 Å². The molecule has 3 aromatic rings. The van der Waals surface area contributed by atoms with Crippen molar-refractivity contribution in [2.45, 2.75) is 25.5 Å². The summed E-state index contributed by atoms with van der Waals surface area (Å²) in [5.41, 5.74) is 0.718. The summed E-state index contributed by atoms with van der Waals surface area (Å²) < 4.78 is 3.34. The van der Waals surface area contributed by atoms with Crippen molar-refractivity contribution < 1.29 is 0 Å². The lowest BCUT2D eigenvalue weighted by Crippen LogP contribution is -2.20. The van der Waals surface area contributed by atoms with Gasteiger partial charge in [-0.15, -0.1) is 16.4 Å². The Balaban J connectivity index is 2.18. The van der Waals surface area contributed by atoms with Gasteiger partial charge in [0.15, 0.2) is 0 Å². The predicted octanol–water partition coefficient (Wildman–Crippen LogP) is 1.73. The van der Waals surface area contributed by atoms with Crippen molar-refractivity contribution in [1.29, 1.82) is 0 Å². The van der Waals surface area contributed by atoms with E-state index in [2.05, 4.69) is 15.1 Å². The molecule has 20 heavy (non-hydrogen) atoms. The van der Waals surface area contributed by atoms with Gasteiger partial charge in [0.05, 0.1) is 11.6 Å². The minimum Gasteiger partial charge on any atom is -0.309 e. The van der Waals surface area contributed by atoms with Gasteiger partial charge >= 0.3 is 0 Å². The molecule has 8 heteroatoms. The maximum Gasteiger partial charge on any atom is 0.275 e. The summed E-state index contributed by atoms with van der Waals surface area (Å²) in [7, 11) is 0. The highest BCUT2D eigenvalue weighted by Crippen LogP contribution is 2.16. The van der Waals surface area contributed by atoms with Gasteiger partial charge in [-0.3, -0.25) is 4.79 Å².